The van der Waals surface area contributed by atoms with E-state index in [2.05, 4.69) is 5.32 Å². The minimum Gasteiger partial charge on any atom is -0.459 e. The summed E-state index contributed by atoms with van der Waals surface area (Å²) < 4.78 is 18.6. The molecule has 0 bridgehead atoms. The number of carbonyl (C=O) groups excluding carboxylic acids is 1. The van der Waals surface area contributed by atoms with E-state index in [-0.39, 0.29) is 11.8 Å². The molecule has 0 amide bonds. The van der Waals surface area contributed by atoms with Gasteiger partial charge in [-0.25, -0.2) is 4.39 Å². The first-order valence-corrected chi connectivity index (χ1v) is 6.49. The zero-order chi connectivity index (χ0) is 14.5. The number of esters is 1. The van der Waals surface area contributed by atoms with Crippen LogP contribution >= 0.6 is 0 Å². The highest BCUT2D eigenvalue weighted by molar-refractivity contribution is 5.75. The van der Waals surface area contributed by atoms with Crippen molar-refractivity contribution in [2.75, 3.05) is 6.54 Å². The van der Waals surface area contributed by atoms with Crippen molar-refractivity contribution in [1.82, 2.24) is 5.32 Å². The Morgan fingerprint density at radius 3 is 2.58 bits per heavy atom. The van der Waals surface area contributed by atoms with Crippen molar-refractivity contribution >= 4 is 5.97 Å². The SMILES string of the molecule is CC(NCCc1ccccc1F)C(=O)OC(C)(C)C. The molecule has 0 heterocycles. The maximum absolute atomic E-state index is 13.4. The van der Waals surface area contributed by atoms with Gasteiger partial charge in [0, 0.05) is 6.54 Å². The number of halogens is 1. The molecule has 0 saturated carbocycles. The smallest absolute Gasteiger partial charge is 0.323 e. The van der Waals surface area contributed by atoms with E-state index in [4.69, 9.17) is 4.74 Å². The molecule has 1 rings (SSSR count). The molecule has 19 heavy (non-hydrogen) atoms. The zero-order valence-electron chi connectivity index (χ0n) is 12.0. The van der Waals surface area contributed by atoms with E-state index >= 15 is 0 Å². The second-order valence-corrected chi connectivity index (χ2v) is 5.55. The monoisotopic (exact) mass is 267 g/mol. The second-order valence-electron chi connectivity index (χ2n) is 5.55. The molecule has 0 aliphatic rings. The molecule has 106 valence electrons. The molecule has 4 heteroatoms. The van der Waals surface area contributed by atoms with Crippen molar-refractivity contribution in [3.63, 3.8) is 0 Å². The fourth-order valence-corrected chi connectivity index (χ4v) is 1.60. The van der Waals surface area contributed by atoms with Crippen LogP contribution in [-0.4, -0.2) is 24.2 Å². The molecule has 1 aromatic carbocycles. The average molecular weight is 267 g/mol. The highest BCUT2D eigenvalue weighted by atomic mass is 19.1. The Bertz CT molecular complexity index is 426. The van der Waals surface area contributed by atoms with Crippen LogP contribution in [-0.2, 0) is 16.0 Å². The van der Waals surface area contributed by atoms with Crippen molar-refractivity contribution in [2.45, 2.75) is 45.8 Å². The topological polar surface area (TPSA) is 38.3 Å². The summed E-state index contributed by atoms with van der Waals surface area (Å²) in [4.78, 5) is 11.7. The summed E-state index contributed by atoms with van der Waals surface area (Å²) in [7, 11) is 0. The van der Waals surface area contributed by atoms with Gasteiger partial charge in [0.15, 0.2) is 0 Å². The van der Waals surface area contributed by atoms with Gasteiger partial charge in [-0.05, 0) is 45.7 Å². The number of carbonyl (C=O) groups is 1. The van der Waals surface area contributed by atoms with Gasteiger partial charge in [-0.1, -0.05) is 18.2 Å². The Labute approximate surface area is 114 Å². The number of rotatable bonds is 5. The van der Waals surface area contributed by atoms with E-state index in [0.717, 1.165) is 0 Å². The Morgan fingerprint density at radius 2 is 2.00 bits per heavy atom. The van der Waals surface area contributed by atoms with E-state index in [1.54, 1.807) is 25.1 Å². The second kappa shape index (κ2) is 6.66. The summed E-state index contributed by atoms with van der Waals surface area (Å²) in [5.74, 6) is -0.504. The van der Waals surface area contributed by atoms with Gasteiger partial charge < -0.3 is 10.1 Å². The van der Waals surface area contributed by atoms with Crippen LogP contribution in [0.25, 0.3) is 0 Å². The molecule has 1 aromatic rings. The summed E-state index contributed by atoms with van der Waals surface area (Å²) in [6.07, 6.45) is 0.541. The molecule has 0 spiro atoms. The van der Waals surface area contributed by atoms with Crippen LogP contribution < -0.4 is 5.32 Å². The summed E-state index contributed by atoms with van der Waals surface area (Å²) in [5.41, 5.74) is 0.157. The molecule has 3 nitrogen and oxygen atoms in total. The number of hydrogen-bond acceptors (Lipinski definition) is 3. The Morgan fingerprint density at radius 1 is 1.37 bits per heavy atom. The highest BCUT2D eigenvalue weighted by Crippen LogP contribution is 2.09. The third-order valence-electron chi connectivity index (χ3n) is 2.56. The van der Waals surface area contributed by atoms with Crippen LogP contribution in [0.15, 0.2) is 24.3 Å². The average Bonchev–Trinajstić information content (AvgIpc) is 2.29. The fraction of sp³-hybridized carbons (Fsp3) is 0.533. The number of hydrogen-bond donors (Lipinski definition) is 1. The molecule has 0 saturated heterocycles. The first-order chi connectivity index (χ1) is 8.79. The Hall–Kier alpha value is -1.42. The largest absolute Gasteiger partial charge is 0.459 e. The number of benzene rings is 1. The van der Waals surface area contributed by atoms with E-state index in [0.29, 0.717) is 18.5 Å². The van der Waals surface area contributed by atoms with Crippen LogP contribution in [0.1, 0.15) is 33.3 Å². The number of nitrogens with one attached hydrogen (secondary N) is 1. The van der Waals surface area contributed by atoms with E-state index in [9.17, 15) is 9.18 Å². The van der Waals surface area contributed by atoms with Gasteiger partial charge in [0.25, 0.3) is 0 Å². The summed E-state index contributed by atoms with van der Waals surface area (Å²) in [6.45, 7) is 7.77. The van der Waals surface area contributed by atoms with Crippen molar-refractivity contribution in [3.05, 3.63) is 35.6 Å². The van der Waals surface area contributed by atoms with Gasteiger partial charge in [0.05, 0.1) is 0 Å². The van der Waals surface area contributed by atoms with E-state index in [1.165, 1.54) is 6.07 Å². The van der Waals surface area contributed by atoms with Gasteiger partial charge in [0.1, 0.15) is 17.5 Å². The minimum absolute atomic E-state index is 0.214. The van der Waals surface area contributed by atoms with Crippen LogP contribution in [0.5, 0.6) is 0 Å². The lowest BCUT2D eigenvalue weighted by atomic mass is 10.1. The molecule has 0 aliphatic carbocycles. The molecular formula is C15H22FNO2. The molecule has 0 fully saturated rings. The van der Waals surface area contributed by atoms with Crippen molar-refractivity contribution in [1.29, 1.82) is 0 Å². The van der Waals surface area contributed by atoms with Crippen molar-refractivity contribution in [3.8, 4) is 0 Å². The molecule has 1 N–H and O–H groups in total. The van der Waals surface area contributed by atoms with E-state index in [1.807, 2.05) is 20.8 Å². The van der Waals surface area contributed by atoms with Crippen molar-refractivity contribution in [2.24, 2.45) is 0 Å². The molecule has 1 atom stereocenters. The predicted octanol–water partition coefficient (Wildman–Crippen LogP) is 2.69. The lowest BCUT2D eigenvalue weighted by molar-refractivity contribution is -0.156. The van der Waals surface area contributed by atoms with Crippen LogP contribution in [0.3, 0.4) is 0 Å². The minimum atomic E-state index is -0.488. The lowest BCUT2D eigenvalue weighted by Gasteiger charge is -2.22. The highest BCUT2D eigenvalue weighted by Gasteiger charge is 2.21. The van der Waals surface area contributed by atoms with Crippen LogP contribution in [0.2, 0.25) is 0 Å². The first-order valence-electron chi connectivity index (χ1n) is 6.49. The van der Waals surface area contributed by atoms with Gasteiger partial charge >= 0.3 is 5.97 Å². The standard InChI is InChI=1S/C15H22FNO2/c1-11(14(18)19-15(2,3)4)17-10-9-12-7-5-6-8-13(12)16/h5-8,11,17H,9-10H2,1-4H3. The summed E-state index contributed by atoms with van der Waals surface area (Å²) in [5, 5.41) is 3.04. The zero-order valence-corrected chi connectivity index (χ0v) is 12.0. The summed E-state index contributed by atoms with van der Waals surface area (Å²) >= 11 is 0. The van der Waals surface area contributed by atoms with Crippen LogP contribution in [0, 0.1) is 5.82 Å². The molecule has 0 radical (unpaired) electrons. The van der Waals surface area contributed by atoms with Crippen molar-refractivity contribution < 1.29 is 13.9 Å². The fourth-order valence-electron chi connectivity index (χ4n) is 1.60. The third kappa shape index (κ3) is 5.83. The molecular weight excluding hydrogens is 245 g/mol. The van der Waals surface area contributed by atoms with E-state index < -0.39 is 11.6 Å². The Balaban J connectivity index is 2.37. The Kier molecular flexibility index (Phi) is 5.48. The molecule has 0 aromatic heterocycles. The van der Waals surface area contributed by atoms with Gasteiger partial charge in [-0.15, -0.1) is 0 Å². The molecule has 1 unspecified atom stereocenters. The normalized spacial score (nSPS) is 13.1. The molecule has 0 aliphatic heterocycles. The third-order valence-corrected chi connectivity index (χ3v) is 2.56. The van der Waals surface area contributed by atoms with Crippen LogP contribution in [0.4, 0.5) is 4.39 Å². The quantitative estimate of drug-likeness (QED) is 0.834. The summed E-state index contributed by atoms with van der Waals surface area (Å²) in [6, 6.07) is 6.25. The first kappa shape index (κ1) is 15.6. The number of ether oxygens (including phenoxy) is 1. The van der Waals surface area contributed by atoms with Gasteiger partial charge in [0.2, 0.25) is 0 Å². The van der Waals surface area contributed by atoms with Gasteiger partial charge in [-0.2, -0.15) is 0 Å². The lowest BCUT2D eigenvalue weighted by Crippen LogP contribution is -2.40. The van der Waals surface area contributed by atoms with Gasteiger partial charge in [-0.3, -0.25) is 4.79 Å². The maximum atomic E-state index is 13.4. The maximum Gasteiger partial charge on any atom is 0.323 e. The predicted molar refractivity (Wildman–Crippen MR) is 73.4 cm³/mol.